The number of benzene rings is 1. The van der Waals surface area contributed by atoms with E-state index in [2.05, 4.69) is 0 Å². The van der Waals surface area contributed by atoms with Crippen molar-refractivity contribution in [3.8, 4) is 0 Å². The average Bonchev–Trinajstić information content (AvgIpc) is 2.41. The highest BCUT2D eigenvalue weighted by atomic mass is 19.4. The fraction of sp³-hybridized carbons (Fsp3) is 0.533. The van der Waals surface area contributed by atoms with E-state index in [4.69, 9.17) is 0 Å². The second kappa shape index (κ2) is 6.12. The normalized spacial score (nSPS) is 23.1. The minimum Gasteiger partial charge on any atom is -0.299 e. The lowest BCUT2D eigenvalue weighted by molar-refractivity contribution is -0.184. The van der Waals surface area contributed by atoms with E-state index in [1.807, 2.05) is 0 Å². The van der Waals surface area contributed by atoms with Gasteiger partial charge in [0.2, 0.25) is 0 Å². The summed E-state index contributed by atoms with van der Waals surface area (Å²) in [4.78, 5) is 12.0. The fourth-order valence-electron chi connectivity index (χ4n) is 2.74. The molecule has 0 N–H and O–H groups in total. The molecule has 1 aromatic rings. The topological polar surface area (TPSA) is 17.1 Å². The molecule has 21 heavy (non-hydrogen) atoms. The number of rotatable bonds is 3. The van der Waals surface area contributed by atoms with E-state index in [1.54, 1.807) is 0 Å². The molecule has 1 nitrogen and oxygen atoms in total. The SMILES string of the molecule is O=C(Cc1ccc(F)cc1F)C1CCC(C(F)(F)F)CC1. The summed E-state index contributed by atoms with van der Waals surface area (Å²) in [6, 6.07) is 2.96. The van der Waals surface area contributed by atoms with Gasteiger partial charge in [-0.25, -0.2) is 8.78 Å². The number of Topliss-reactive ketones (excluding diaryl/α,β-unsaturated/α-hetero) is 1. The van der Waals surface area contributed by atoms with E-state index in [9.17, 15) is 26.7 Å². The summed E-state index contributed by atoms with van der Waals surface area (Å²) in [6.07, 6.45) is -4.19. The van der Waals surface area contributed by atoms with Crippen molar-refractivity contribution in [2.45, 2.75) is 38.3 Å². The molecule has 1 aromatic carbocycles. The average molecular weight is 306 g/mol. The lowest BCUT2D eigenvalue weighted by Crippen LogP contribution is -2.30. The standard InChI is InChI=1S/C15H15F5O/c16-12-6-3-10(13(17)8-12)7-14(21)9-1-4-11(5-2-9)15(18,19)20/h3,6,8-9,11H,1-2,4-5,7H2. The Bertz CT molecular complexity index is 515. The third-order valence-electron chi connectivity index (χ3n) is 4.03. The van der Waals surface area contributed by atoms with Crippen LogP contribution in [0.5, 0.6) is 0 Å². The number of carbonyl (C=O) groups is 1. The molecule has 0 aromatic heterocycles. The van der Waals surface area contributed by atoms with Gasteiger partial charge in [-0.2, -0.15) is 13.2 Å². The summed E-state index contributed by atoms with van der Waals surface area (Å²) >= 11 is 0. The Hall–Kier alpha value is -1.46. The Labute approximate surface area is 119 Å². The van der Waals surface area contributed by atoms with Crippen LogP contribution in [0.15, 0.2) is 18.2 Å². The van der Waals surface area contributed by atoms with Crippen LogP contribution in [0, 0.1) is 23.5 Å². The predicted molar refractivity (Wildman–Crippen MR) is 66.6 cm³/mol. The molecule has 0 amide bonds. The van der Waals surface area contributed by atoms with E-state index < -0.39 is 29.6 Å². The second-order valence-electron chi connectivity index (χ2n) is 5.47. The number of alkyl halides is 3. The quantitative estimate of drug-likeness (QED) is 0.754. The van der Waals surface area contributed by atoms with Gasteiger partial charge in [-0.3, -0.25) is 4.79 Å². The van der Waals surface area contributed by atoms with Crippen LogP contribution in [0.1, 0.15) is 31.2 Å². The lowest BCUT2D eigenvalue weighted by Gasteiger charge is -2.29. The number of carbonyl (C=O) groups excluding carboxylic acids is 1. The Kier molecular flexibility index (Phi) is 4.64. The van der Waals surface area contributed by atoms with Crippen molar-refractivity contribution in [1.82, 2.24) is 0 Å². The minimum atomic E-state index is -4.21. The molecular formula is C15H15F5O. The van der Waals surface area contributed by atoms with E-state index in [0.29, 0.717) is 6.07 Å². The first-order chi connectivity index (χ1) is 9.77. The molecule has 1 fully saturated rings. The molecule has 1 aliphatic carbocycles. The van der Waals surface area contributed by atoms with Gasteiger partial charge in [-0.05, 0) is 37.3 Å². The van der Waals surface area contributed by atoms with Gasteiger partial charge in [0.1, 0.15) is 17.4 Å². The van der Waals surface area contributed by atoms with Crippen LogP contribution in [0.25, 0.3) is 0 Å². The molecule has 2 rings (SSSR count). The molecule has 1 aliphatic rings. The van der Waals surface area contributed by atoms with Gasteiger partial charge in [-0.1, -0.05) is 6.07 Å². The molecule has 1 saturated carbocycles. The summed E-state index contributed by atoms with van der Waals surface area (Å²) in [5.41, 5.74) is 0.0827. The van der Waals surface area contributed by atoms with Crippen molar-refractivity contribution in [2.75, 3.05) is 0 Å². The van der Waals surface area contributed by atoms with Crippen molar-refractivity contribution in [2.24, 2.45) is 11.8 Å². The maximum atomic E-state index is 13.5. The molecule has 0 aliphatic heterocycles. The summed E-state index contributed by atoms with van der Waals surface area (Å²) in [6.45, 7) is 0. The van der Waals surface area contributed by atoms with Gasteiger partial charge < -0.3 is 0 Å². The van der Waals surface area contributed by atoms with Crippen LogP contribution in [0.3, 0.4) is 0 Å². The van der Waals surface area contributed by atoms with Gasteiger partial charge >= 0.3 is 6.18 Å². The van der Waals surface area contributed by atoms with Gasteiger partial charge in [0.05, 0.1) is 5.92 Å². The van der Waals surface area contributed by atoms with Gasteiger partial charge in [0.15, 0.2) is 0 Å². The van der Waals surface area contributed by atoms with Crippen LogP contribution in [0.4, 0.5) is 22.0 Å². The summed E-state index contributed by atoms with van der Waals surface area (Å²) in [7, 11) is 0. The highest BCUT2D eigenvalue weighted by Crippen LogP contribution is 2.39. The van der Waals surface area contributed by atoms with Crippen LogP contribution in [0.2, 0.25) is 0 Å². The van der Waals surface area contributed by atoms with Crippen molar-refractivity contribution < 1.29 is 26.7 Å². The smallest absolute Gasteiger partial charge is 0.299 e. The predicted octanol–water partition coefficient (Wildman–Crippen LogP) is 4.45. The van der Waals surface area contributed by atoms with E-state index >= 15 is 0 Å². The molecule has 0 spiro atoms. The molecule has 116 valence electrons. The first kappa shape index (κ1) is 15.9. The number of hydrogen-bond donors (Lipinski definition) is 0. The van der Waals surface area contributed by atoms with Crippen molar-refractivity contribution in [1.29, 1.82) is 0 Å². The van der Waals surface area contributed by atoms with Gasteiger partial charge in [0.25, 0.3) is 0 Å². The van der Waals surface area contributed by atoms with Crippen molar-refractivity contribution in [3.63, 3.8) is 0 Å². The summed E-state index contributed by atoms with van der Waals surface area (Å²) in [5, 5.41) is 0. The maximum absolute atomic E-state index is 13.5. The molecule has 0 unspecified atom stereocenters. The van der Waals surface area contributed by atoms with E-state index in [0.717, 1.165) is 6.07 Å². The zero-order valence-corrected chi connectivity index (χ0v) is 11.2. The van der Waals surface area contributed by atoms with Crippen LogP contribution in [-0.2, 0) is 11.2 Å². The Morgan fingerprint density at radius 1 is 1.10 bits per heavy atom. The largest absolute Gasteiger partial charge is 0.391 e. The number of halogens is 5. The molecule has 6 heteroatoms. The fourth-order valence-corrected chi connectivity index (χ4v) is 2.74. The molecule has 0 saturated heterocycles. The zero-order valence-electron chi connectivity index (χ0n) is 11.2. The third-order valence-corrected chi connectivity index (χ3v) is 4.03. The van der Waals surface area contributed by atoms with Gasteiger partial charge in [-0.15, -0.1) is 0 Å². The number of ketones is 1. The molecule has 0 bridgehead atoms. The van der Waals surface area contributed by atoms with E-state index in [1.165, 1.54) is 6.07 Å². The van der Waals surface area contributed by atoms with Crippen LogP contribution < -0.4 is 0 Å². The first-order valence-corrected chi connectivity index (χ1v) is 6.80. The highest BCUT2D eigenvalue weighted by Gasteiger charge is 2.42. The molecule has 0 radical (unpaired) electrons. The second-order valence-corrected chi connectivity index (χ2v) is 5.47. The Balaban J connectivity index is 1.93. The van der Waals surface area contributed by atoms with Crippen molar-refractivity contribution >= 4 is 5.78 Å². The van der Waals surface area contributed by atoms with Crippen LogP contribution >= 0.6 is 0 Å². The zero-order chi connectivity index (χ0) is 15.6. The first-order valence-electron chi connectivity index (χ1n) is 6.80. The Morgan fingerprint density at radius 3 is 2.24 bits per heavy atom. The Morgan fingerprint density at radius 2 is 1.71 bits per heavy atom. The van der Waals surface area contributed by atoms with Gasteiger partial charge in [0, 0.05) is 18.4 Å². The molecule has 0 atom stereocenters. The monoisotopic (exact) mass is 306 g/mol. The summed E-state index contributed by atoms with van der Waals surface area (Å²) < 4.78 is 63.8. The van der Waals surface area contributed by atoms with Crippen molar-refractivity contribution in [3.05, 3.63) is 35.4 Å². The maximum Gasteiger partial charge on any atom is 0.391 e. The van der Waals surface area contributed by atoms with E-state index in [-0.39, 0.29) is 43.5 Å². The highest BCUT2D eigenvalue weighted by molar-refractivity contribution is 5.83. The summed E-state index contributed by atoms with van der Waals surface area (Å²) in [5.74, 6) is -3.61. The molecule has 0 heterocycles. The third kappa shape index (κ3) is 4.02. The lowest BCUT2D eigenvalue weighted by atomic mass is 9.78. The number of hydrogen-bond acceptors (Lipinski definition) is 1. The van der Waals surface area contributed by atoms with Crippen LogP contribution in [-0.4, -0.2) is 12.0 Å². The minimum absolute atomic E-state index is 0.0637. The molecular weight excluding hydrogens is 291 g/mol.